The van der Waals surface area contributed by atoms with E-state index in [-0.39, 0.29) is 5.84 Å². The second-order valence-electron chi connectivity index (χ2n) is 3.77. The molecule has 0 bridgehead atoms. The zero-order valence-corrected chi connectivity index (χ0v) is 8.50. The molecule has 1 heterocycles. The van der Waals surface area contributed by atoms with Crippen molar-refractivity contribution in [3.8, 4) is 12.1 Å². The molecule has 0 aromatic rings. The highest BCUT2D eigenvalue weighted by Gasteiger charge is 2.90. The fourth-order valence-electron chi connectivity index (χ4n) is 2.40. The van der Waals surface area contributed by atoms with Gasteiger partial charge in [0.05, 0.1) is 12.1 Å². The number of ether oxygens (including phenoxy) is 2. The lowest BCUT2D eigenvalue weighted by Gasteiger charge is -2.25. The number of amidine groups is 1. The van der Waals surface area contributed by atoms with Crippen LogP contribution < -0.4 is 10.7 Å². The number of rotatable bonds is 2. The van der Waals surface area contributed by atoms with Gasteiger partial charge in [-0.3, -0.25) is 5.73 Å². The van der Waals surface area contributed by atoms with Crippen LogP contribution in [0.4, 0.5) is 0 Å². The van der Waals surface area contributed by atoms with Crippen LogP contribution in [-0.4, -0.2) is 26.0 Å². The van der Waals surface area contributed by atoms with E-state index in [1.165, 1.54) is 14.2 Å². The van der Waals surface area contributed by atoms with E-state index in [2.05, 4.69) is 17.1 Å². The van der Waals surface area contributed by atoms with E-state index in [1.807, 2.05) is 0 Å². The summed E-state index contributed by atoms with van der Waals surface area (Å²) in [7, 11) is 2.82. The van der Waals surface area contributed by atoms with Crippen molar-refractivity contribution in [1.82, 2.24) is 0 Å². The third kappa shape index (κ3) is 0.707. The molecule has 2 aliphatic rings. The largest absolute Gasteiger partial charge is 0.342 e. The van der Waals surface area contributed by atoms with E-state index < -0.39 is 16.7 Å². The van der Waals surface area contributed by atoms with Crippen molar-refractivity contribution in [1.29, 1.82) is 10.5 Å². The molecule has 15 heavy (non-hydrogen) atoms. The zero-order chi connectivity index (χ0) is 11.3. The Hall–Kier alpha value is -1.63. The minimum Gasteiger partial charge on any atom is -0.317 e. The summed E-state index contributed by atoms with van der Waals surface area (Å²) >= 11 is 0. The number of nitriles is 2. The molecule has 0 amide bonds. The standard InChI is InChI=1S/C9H10N4O2/c1-14-9(15-2)8(5-11)3-7(8,4-10)6(12)13-9/h3H2,1-2H3,(H2,12,13)/p+1/t7-,8-/m1/s1. The smallest absolute Gasteiger partial charge is 0.317 e. The van der Waals surface area contributed by atoms with Crippen LogP contribution in [0.15, 0.2) is 0 Å². The van der Waals surface area contributed by atoms with Gasteiger partial charge in [0, 0.05) is 20.6 Å². The Morgan fingerprint density at radius 2 is 1.93 bits per heavy atom. The van der Waals surface area contributed by atoms with Gasteiger partial charge in [-0.15, -0.1) is 0 Å². The molecule has 0 saturated heterocycles. The lowest BCUT2D eigenvalue weighted by Crippen LogP contribution is -2.90. The Morgan fingerprint density at radius 1 is 1.33 bits per heavy atom. The van der Waals surface area contributed by atoms with Crippen molar-refractivity contribution in [2.45, 2.75) is 12.3 Å². The summed E-state index contributed by atoms with van der Waals surface area (Å²) < 4.78 is 10.4. The number of hydrogen-bond donors (Lipinski definition) is 2. The highest BCUT2D eigenvalue weighted by molar-refractivity contribution is 5.92. The first-order valence-electron chi connectivity index (χ1n) is 4.42. The van der Waals surface area contributed by atoms with E-state index >= 15 is 0 Å². The number of fused-ring (bicyclic) bond motifs is 1. The molecule has 1 aliphatic carbocycles. The SMILES string of the molecule is COC1(OC)[NH+]=C(N)[C@]2(C#N)C[C@]12C#N. The average Bonchev–Trinajstić information content (AvgIpc) is 2.92. The Labute approximate surface area is 86.9 Å². The predicted octanol–water partition coefficient (Wildman–Crippen LogP) is -2.19. The molecular formula is C9H11N4O2+. The first-order chi connectivity index (χ1) is 7.08. The summed E-state index contributed by atoms with van der Waals surface area (Å²) in [4.78, 5) is 2.75. The van der Waals surface area contributed by atoms with Crippen LogP contribution in [0, 0.1) is 33.5 Å². The van der Waals surface area contributed by atoms with Crippen LogP contribution in [0.2, 0.25) is 0 Å². The molecule has 0 unspecified atom stereocenters. The van der Waals surface area contributed by atoms with Crippen molar-refractivity contribution < 1.29 is 14.5 Å². The van der Waals surface area contributed by atoms with Gasteiger partial charge in [0.1, 0.15) is 0 Å². The fraction of sp³-hybridized carbons (Fsp3) is 0.667. The number of methoxy groups -OCH3 is 2. The van der Waals surface area contributed by atoms with Crippen LogP contribution in [0.1, 0.15) is 6.42 Å². The molecule has 6 nitrogen and oxygen atoms in total. The minimum atomic E-state index is -1.30. The van der Waals surface area contributed by atoms with Gasteiger partial charge in [-0.05, 0) is 0 Å². The number of nitrogens with one attached hydrogen (secondary N) is 1. The third-order valence-electron chi connectivity index (χ3n) is 3.41. The molecule has 1 fully saturated rings. The van der Waals surface area contributed by atoms with E-state index in [1.54, 1.807) is 0 Å². The Kier molecular flexibility index (Phi) is 1.64. The molecular weight excluding hydrogens is 196 g/mol. The molecule has 78 valence electrons. The van der Waals surface area contributed by atoms with E-state index in [0.717, 1.165) is 0 Å². The van der Waals surface area contributed by atoms with Crippen molar-refractivity contribution in [2.24, 2.45) is 16.6 Å². The second kappa shape index (κ2) is 2.48. The van der Waals surface area contributed by atoms with Crippen molar-refractivity contribution in [3.05, 3.63) is 0 Å². The highest BCUT2D eigenvalue weighted by atomic mass is 16.7. The topological polar surface area (TPSA) is 106 Å². The average molecular weight is 207 g/mol. The van der Waals surface area contributed by atoms with Crippen molar-refractivity contribution >= 4 is 5.84 Å². The maximum absolute atomic E-state index is 9.21. The van der Waals surface area contributed by atoms with E-state index in [4.69, 9.17) is 20.5 Å². The molecule has 2 rings (SSSR count). The second-order valence-corrected chi connectivity index (χ2v) is 3.77. The Balaban J connectivity index is 2.59. The minimum absolute atomic E-state index is 0.246. The maximum Gasteiger partial charge on any atom is 0.342 e. The van der Waals surface area contributed by atoms with Crippen LogP contribution >= 0.6 is 0 Å². The molecule has 0 aromatic carbocycles. The van der Waals surface area contributed by atoms with Gasteiger partial charge in [-0.2, -0.15) is 10.5 Å². The van der Waals surface area contributed by atoms with Crippen molar-refractivity contribution in [2.75, 3.05) is 14.2 Å². The van der Waals surface area contributed by atoms with Gasteiger partial charge in [0.15, 0.2) is 10.8 Å². The van der Waals surface area contributed by atoms with Gasteiger partial charge in [0.25, 0.3) is 5.84 Å². The summed E-state index contributed by atoms with van der Waals surface area (Å²) in [5.74, 6) is -1.06. The van der Waals surface area contributed by atoms with Crippen LogP contribution in [0.3, 0.4) is 0 Å². The van der Waals surface area contributed by atoms with E-state index in [9.17, 15) is 5.26 Å². The normalized spacial score (nSPS) is 39.9. The van der Waals surface area contributed by atoms with E-state index in [0.29, 0.717) is 6.42 Å². The van der Waals surface area contributed by atoms with Crippen LogP contribution in [-0.2, 0) is 9.47 Å². The third-order valence-corrected chi connectivity index (χ3v) is 3.41. The lowest BCUT2D eigenvalue weighted by atomic mass is 9.94. The first-order valence-corrected chi connectivity index (χ1v) is 4.42. The summed E-state index contributed by atoms with van der Waals surface area (Å²) in [6.07, 6.45) is 0.341. The van der Waals surface area contributed by atoms with Crippen molar-refractivity contribution in [3.63, 3.8) is 0 Å². The summed E-state index contributed by atoms with van der Waals surface area (Å²) in [6, 6.07) is 4.17. The molecule has 6 heteroatoms. The molecule has 1 aliphatic heterocycles. The highest BCUT2D eigenvalue weighted by Crippen LogP contribution is 2.69. The van der Waals surface area contributed by atoms with Gasteiger partial charge >= 0.3 is 5.91 Å². The van der Waals surface area contributed by atoms with Gasteiger partial charge in [-0.25, -0.2) is 4.99 Å². The quantitative estimate of drug-likeness (QED) is 0.500. The predicted molar refractivity (Wildman–Crippen MR) is 47.6 cm³/mol. The maximum atomic E-state index is 9.21. The fourth-order valence-corrected chi connectivity index (χ4v) is 2.40. The summed E-state index contributed by atoms with van der Waals surface area (Å²) in [6.45, 7) is 0. The van der Waals surface area contributed by atoms with Gasteiger partial charge in [0.2, 0.25) is 0 Å². The molecule has 3 N–H and O–H groups in total. The Morgan fingerprint density at radius 3 is 2.27 bits per heavy atom. The molecule has 2 atom stereocenters. The molecule has 1 saturated carbocycles. The number of nitrogens with two attached hydrogens (primary N) is 1. The first kappa shape index (κ1) is 9.91. The van der Waals surface area contributed by atoms with Crippen LogP contribution in [0.25, 0.3) is 0 Å². The van der Waals surface area contributed by atoms with Gasteiger partial charge < -0.3 is 9.47 Å². The van der Waals surface area contributed by atoms with Crippen LogP contribution in [0.5, 0.6) is 0 Å². The zero-order valence-electron chi connectivity index (χ0n) is 8.50. The number of nitrogens with zero attached hydrogens (tertiary/aromatic N) is 2. The van der Waals surface area contributed by atoms with Gasteiger partial charge in [-0.1, -0.05) is 0 Å². The molecule has 0 spiro atoms. The monoisotopic (exact) mass is 207 g/mol. The molecule has 0 radical (unpaired) electrons. The Bertz CT molecular complexity index is 428. The lowest BCUT2D eigenvalue weighted by molar-refractivity contribution is -0.687. The molecule has 0 aromatic heterocycles. The summed E-state index contributed by atoms with van der Waals surface area (Å²) in [5, 5.41) is 18.3. The summed E-state index contributed by atoms with van der Waals surface area (Å²) in [5.41, 5.74) is 3.71. The number of hydrogen-bond acceptors (Lipinski definition) is 5.